The first-order valence-electron chi connectivity index (χ1n) is 7.26. The Hall–Kier alpha value is -2.13. The molecule has 3 rings (SSSR count). The number of anilines is 1. The van der Waals surface area contributed by atoms with Crippen LogP contribution in [0.1, 0.15) is 6.42 Å². The highest BCUT2D eigenvalue weighted by molar-refractivity contribution is 7.89. The number of hydrogen-bond donors (Lipinski definition) is 1. The molecule has 1 atom stereocenters. The number of rotatable bonds is 5. The van der Waals surface area contributed by atoms with Crippen molar-refractivity contribution in [2.24, 2.45) is 0 Å². The Morgan fingerprint density at radius 3 is 2.96 bits per heavy atom. The molecule has 0 saturated carbocycles. The summed E-state index contributed by atoms with van der Waals surface area (Å²) in [6.45, 7) is 0.729. The zero-order chi connectivity index (χ0) is 16.4. The van der Waals surface area contributed by atoms with E-state index in [-0.39, 0.29) is 11.1 Å². The third kappa shape index (κ3) is 3.15. The third-order valence-corrected chi connectivity index (χ3v) is 5.46. The monoisotopic (exact) mass is 337 g/mol. The van der Waals surface area contributed by atoms with Crippen LogP contribution in [0.2, 0.25) is 0 Å². The molecular weight excluding hydrogens is 318 g/mol. The van der Waals surface area contributed by atoms with Crippen molar-refractivity contribution in [3.8, 4) is 5.75 Å². The van der Waals surface area contributed by atoms with Crippen LogP contribution in [0.15, 0.2) is 35.9 Å². The van der Waals surface area contributed by atoms with Gasteiger partial charge in [-0.15, -0.1) is 0 Å². The van der Waals surface area contributed by atoms with Gasteiger partial charge >= 0.3 is 0 Å². The Balaban J connectivity index is 1.72. The largest absolute Gasteiger partial charge is 0.485 e. The lowest BCUT2D eigenvalue weighted by Gasteiger charge is -2.20. The van der Waals surface area contributed by atoms with Crippen LogP contribution in [0.25, 0.3) is 0 Å². The molecule has 2 aromatic heterocycles. The molecule has 0 aliphatic carbocycles. The Kier molecular flexibility index (Phi) is 4.22. The van der Waals surface area contributed by atoms with Crippen molar-refractivity contribution in [1.29, 1.82) is 0 Å². The molecule has 0 bridgehead atoms. The topological polar surface area (TPSA) is 91.4 Å². The van der Waals surface area contributed by atoms with Gasteiger partial charge in [0.05, 0.1) is 19.1 Å². The van der Waals surface area contributed by atoms with Gasteiger partial charge in [0, 0.05) is 26.8 Å². The molecule has 1 N–H and O–H groups in total. The fraction of sp³-hybridized carbons (Fsp3) is 0.429. The smallest absolute Gasteiger partial charge is 0.260 e. The molecule has 0 amide bonds. The maximum absolute atomic E-state index is 12.4. The maximum atomic E-state index is 12.4. The molecule has 0 radical (unpaired) electrons. The molecule has 124 valence electrons. The van der Waals surface area contributed by atoms with Gasteiger partial charge in [-0.1, -0.05) is 0 Å². The van der Waals surface area contributed by atoms with E-state index in [0.29, 0.717) is 25.3 Å². The highest BCUT2D eigenvalue weighted by Gasteiger charge is 2.34. The first-order chi connectivity index (χ1) is 11.0. The Bertz CT molecular complexity index is 760. The predicted molar refractivity (Wildman–Crippen MR) is 84.9 cm³/mol. The van der Waals surface area contributed by atoms with E-state index in [4.69, 9.17) is 4.74 Å². The quantitative estimate of drug-likeness (QED) is 0.864. The van der Waals surface area contributed by atoms with Crippen molar-refractivity contribution in [2.75, 3.05) is 32.1 Å². The maximum Gasteiger partial charge on any atom is 0.260 e. The molecule has 23 heavy (non-hydrogen) atoms. The van der Waals surface area contributed by atoms with Crippen LogP contribution in [0.4, 0.5) is 5.82 Å². The normalized spacial score (nSPS) is 19.0. The first-order valence-corrected chi connectivity index (χ1v) is 8.70. The lowest BCUT2D eigenvalue weighted by atomic mass is 10.3. The lowest BCUT2D eigenvalue weighted by Crippen LogP contribution is -2.31. The van der Waals surface area contributed by atoms with Crippen molar-refractivity contribution >= 4 is 15.8 Å². The number of aromatic amines is 1. The van der Waals surface area contributed by atoms with Crippen molar-refractivity contribution in [3.05, 3.63) is 30.9 Å². The van der Waals surface area contributed by atoms with E-state index < -0.39 is 10.0 Å². The molecule has 0 aromatic carbocycles. The highest BCUT2D eigenvalue weighted by atomic mass is 32.2. The predicted octanol–water partition coefficient (Wildman–Crippen LogP) is 0.713. The molecule has 9 heteroatoms. The molecule has 3 heterocycles. The number of nitrogens with one attached hydrogen (secondary N) is 1. The van der Waals surface area contributed by atoms with Gasteiger partial charge in [0.15, 0.2) is 16.6 Å². The molecule has 1 aliphatic rings. The zero-order valence-electron chi connectivity index (χ0n) is 13.0. The Morgan fingerprint density at radius 1 is 1.43 bits per heavy atom. The van der Waals surface area contributed by atoms with Gasteiger partial charge in [-0.05, 0) is 18.6 Å². The number of pyridine rings is 1. The van der Waals surface area contributed by atoms with Gasteiger partial charge in [-0.25, -0.2) is 18.4 Å². The molecule has 8 nitrogen and oxygen atoms in total. The van der Waals surface area contributed by atoms with E-state index in [2.05, 4.69) is 15.0 Å². The molecule has 1 saturated heterocycles. The minimum atomic E-state index is -3.54. The van der Waals surface area contributed by atoms with Crippen molar-refractivity contribution in [2.45, 2.75) is 17.6 Å². The molecule has 1 fully saturated rings. The molecular formula is C14H19N5O3S. The summed E-state index contributed by atoms with van der Waals surface area (Å²) in [4.78, 5) is 12.6. The van der Waals surface area contributed by atoms with E-state index in [1.54, 1.807) is 12.3 Å². The SMILES string of the molecule is CN(C)c1ncccc1O[C@H]1CCN(S(=O)(=O)c2cnc[nH]2)C1. The van der Waals surface area contributed by atoms with E-state index in [9.17, 15) is 8.42 Å². The fourth-order valence-corrected chi connectivity index (χ4v) is 3.91. The number of hydrogen-bond acceptors (Lipinski definition) is 6. The average molecular weight is 337 g/mol. The van der Waals surface area contributed by atoms with Gasteiger partial charge in [-0.2, -0.15) is 4.31 Å². The van der Waals surface area contributed by atoms with Crippen molar-refractivity contribution in [3.63, 3.8) is 0 Å². The molecule has 0 unspecified atom stereocenters. The summed E-state index contributed by atoms with van der Waals surface area (Å²) < 4.78 is 32.3. The van der Waals surface area contributed by atoms with Crippen molar-refractivity contribution < 1.29 is 13.2 Å². The Morgan fingerprint density at radius 2 is 2.26 bits per heavy atom. The minimum Gasteiger partial charge on any atom is -0.485 e. The standard InChI is InChI=1S/C14H19N5O3S/c1-18(2)14-12(4-3-6-16-14)22-11-5-7-19(9-11)23(20,21)13-8-15-10-17-13/h3-4,6,8,10-11H,5,7,9H2,1-2H3,(H,15,17)/t11-/m0/s1. The summed E-state index contributed by atoms with van der Waals surface area (Å²) in [6, 6.07) is 3.64. The lowest BCUT2D eigenvalue weighted by molar-refractivity contribution is 0.215. The van der Waals surface area contributed by atoms with Crippen LogP contribution in [0.3, 0.4) is 0 Å². The van der Waals surface area contributed by atoms with Crippen LogP contribution in [0, 0.1) is 0 Å². The summed E-state index contributed by atoms with van der Waals surface area (Å²) >= 11 is 0. The number of ether oxygens (including phenoxy) is 1. The van der Waals surface area contributed by atoms with Crippen LogP contribution < -0.4 is 9.64 Å². The molecule has 0 spiro atoms. The number of H-pyrrole nitrogens is 1. The Labute approximate surface area is 135 Å². The second kappa shape index (κ2) is 6.17. The number of sulfonamides is 1. The number of imidazole rings is 1. The number of aromatic nitrogens is 3. The van der Waals surface area contributed by atoms with Gasteiger partial charge in [0.1, 0.15) is 6.10 Å². The summed E-state index contributed by atoms with van der Waals surface area (Å²) in [5.74, 6) is 1.38. The van der Waals surface area contributed by atoms with Crippen LogP contribution in [0.5, 0.6) is 5.75 Å². The van der Waals surface area contributed by atoms with E-state index in [1.807, 2.05) is 25.1 Å². The van der Waals surface area contributed by atoms with Gasteiger partial charge < -0.3 is 14.6 Å². The van der Waals surface area contributed by atoms with Gasteiger partial charge in [0.25, 0.3) is 10.0 Å². The second-order valence-electron chi connectivity index (χ2n) is 5.53. The summed E-state index contributed by atoms with van der Waals surface area (Å²) in [7, 11) is 0.238. The van der Waals surface area contributed by atoms with Crippen molar-refractivity contribution in [1.82, 2.24) is 19.3 Å². The summed E-state index contributed by atoms with van der Waals surface area (Å²) in [5, 5.41) is 0.105. The third-order valence-electron chi connectivity index (χ3n) is 3.67. The van der Waals surface area contributed by atoms with E-state index in [0.717, 1.165) is 5.82 Å². The minimum absolute atomic E-state index is 0.105. The average Bonchev–Trinajstić information content (AvgIpc) is 3.19. The second-order valence-corrected chi connectivity index (χ2v) is 7.43. The fourth-order valence-electron chi connectivity index (χ4n) is 2.53. The van der Waals surface area contributed by atoms with Gasteiger partial charge in [0.2, 0.25) is 0 Å². The van der Waals surface area contributed by atoms with E-state index >= 15 is 0 Å². The molecule has 2 aromatic rings. The molecule has 1 aliphatic heterocycles. The van der Waals surface area contributed by atoms with Crippen LogP contribution in [-0.2, 0) is 10.0 Å². The van der Waals surface area contributed by atoms with Crippen LogP contribution in [-0.4, -0.2) is 61.0 Å². The number of nitrogens with zero attached hydrogens (tertiary/aromatic N) is 4. The van der Waals surface area contributed by atoms with E-state index in [1.165, 1.54) is 16.8 Å². The summed E-state index contributed by atoms with van der Waals surface area (Å²) in [6.07, 6.45) is 4.81. The van der Waals surface area contributed by atoms with Gasteiger partial charge in [-0.3, -0.25) is 0 Å². The van der Waals surface area contributed by atoms with Crippen LogP contribution >= 0.6 is 0 Å². The first kappa shape index (κ1) is 15.8. The highest BCUT2D eigenvalue weighted by Crippen LogP contribution is 2.28. The summed E-state index contributed by atoms with van der Waals surface area (Å²) in [5.41, 5.74) is 0. The zero-order valence-corrected chi connectivity index (χ0v) is 13.8.